The predicted molar refractivity (Wildman–Crippen MR) is 117 cm³/mol. The van der Waals surface area contributed by atoms with Gasteiger partial charge < -0.3 is 9.80 Å². The van der Waals surface area contributed by atoms with Gasteiger partial charge in [0.05, 0.1) is 22.6 Å². The highest BCUT2D eigenvalue weighted by molar-refractivity contribution is 5.96. The third-order valence-electron chi connectivity index (χ3n) is 5.99. The lowest BCUT2D eigenvalue weighted by atomic mass is 10.1. The summed E-state index contributed by atoms with van der Waals surface area (Å²) in [5.74, 6) is 0.0859. The molecule has 5 heteroatoms. The maximum atomic E-state index is 13.3. The summed E-state index contributed by atoms with van der Waals surface area (Å²) in [7, 11) is 0. The summed E-state index contributed by atoms with van der Waals surface area (Å²) in [6, 6.07) is 16.4. The number of benzene rings is 2. The fourth-order valence-electron chi connectivity index (χ4n) is 4.16. The lowest BCUT2D eigenvalue weighted by molar-refractivity contribution is 0.0745. The topological polar surface area (TPSA) is 41.4 Å². The molecule has 1 aliphatic rings. The van der Waals surface area contributed by atoms with Crippen molar-refractivity contribution in [1.82, 2.24) is 14.7 Å². The van der Waals surface area contributed by atoms with E-state index in [9.17, 15) is 4.79 Å². The van der Waals surface area contributed by atoms with Crippen LogP contribution >= 0.6 is 0 Å². The fraction of sp³-hybridized carbons (Fsp3) is 0.333. The van der Waals surface area contributed by atoms with E-state index in [1.165, 1.54) is 16.8 Å². The van der Waals surface area contributed by atoms with Crippen LogP contribution in [0.15, 0.2) is 48.5 Å². The first-order chi connectivity index (χ1) is 14.0. The standard InChI is InChI=1S/C24H28N4O/c1-17-9-8-12-22(18(17)2)26-13-15-27(16-14-26)24(29)23-19(3)25-28(20(23)4)21-10-6-5-7-11-21/h5-12H,13-16H2,1-4H3. The molecule has 0 spiro atoms. The van der Waals surface area contributed by atoms with Gasteiger partial charge in [-0.25, -0.2) is 4.68 Å². The van der Waals surface area contributed by atoms with Crippen LogP contribution in [-0.4, -0.2) is 46.8 Å². The molecule has 0 unspecified atom stereocenters. The number of carbonyl (C=O) groups excluding carboxylic acids is 1. The van der Waals surface area contributed by atoms with E-state index in [2.05, 4.69) is 42.0 Å². The summed E-state index contributed by atoms with van der Waals surface area (Å²) < 4.78 is 1.87. The van der Waals surface area contributed by atoms with Gasteiger partial charge in [0.2, 0.25) is 0 Å². The van der Waals surface area contributed by atoms with Crippen LogP contribution < -0.4 is 4.90 Å². The van der Waals surface area contributed by atoms with E-state index >= 15 is 0 Å². The van der Waals surface area contributed by atoms with Crippen LogP contribution in [-0.2, 0) is 0 Å². The van der Waals surface area contributed by atoms with Gasteiger partial charge in [-0.15, -0.1) is 0 Å². The molecular weight excluding hydrogens is 360 g/mol. The van der Waals surface area contributed by atoms with Crippen molar-refractivity contribution in [1.29, 1.82) is 0 Å². The first-order valence-corrected chi connectivity index (χ1v) is 10.2. The molecule has 0 radical (unpaired) electrons. The van der Waals surface area contributed by atoms with E-state index < -0.39 is 0 Å². The Balaban J connectivity index is 1.52. The van der Waals surface area contributed by atoms with Crippen LogP contribution in [0.3, 0.4) is 0 Å². The van der Waals surface area contributed by atoms with Gasteiger partial charge in [0.1, 0.15) is 0 Å². The number of aryl methyl sites for hydroxylation is 2. The fourth-order valence-corrected chi connectivity index (χ4v) is 4.16. The summed E-state index contributed by atoms with van der Waals surface area (Å²) in [5, 5.41) is 4.64. The number of nitrogens with zero attached hydrogens (tertiary/aromatic N) is 4. The number of piperazine rings is 1. The molecule has 0 atom stereocenters. The Morgan fingerprint density at radius 2 is 1.55 bits per heavy atom. The molecule has 2 heterocycles. The Morgan fingerprint density at radius 1 is 0.862 bits per heavy atom. The average molecular weight is 389 g/mol. The minimum Gasteiger partial charge on any atom is -0.368 e. The Morgan fingerprint density at radius 3 is 2.24 bits per heavy atom. The Bertz CT molecular complexity index is 1030. The molecule has 0 aliphatic carbocycles. The van der Waals surface area contributed by atoms with Crippen LogP contribution in [0.4, 0.5) is 5.69 Å². The highest BCUT2D eigenvalue weighted by atomic mass is 16.2. The zero-order valence-corrected chi connectivity index (χ0v) is 17.6. The third-order valence-corrected chi connectivity index (χ3v) is 5.99. The Labute approximate surface area is 172 Å². The zero-order chi connectivity index (χ0) is 20.5. The zero-order valence-electron chi connectivity index (χ0n) is 17.6. The molecular formula is C24H28N4O. The number of anilines is 1. The lowest BCUT2D eigenvalue weighted by Crippen LogP contribution is -2.49. The van der Waals surface area contributed by atoms with Crippen molar-refractivity contribution in [2.75, 3.05) is 31.1 Å². The van der Waals surface area contributed by atoms with Crippen LogP contribution in [0.2, 0.25) is 0 Å². The number of aromatic nitrogens is 2. The number of para-hydroxylation sites is 1. The molecule has 1 amide bonds. The highest BCUT2D eigenvalue weighted by Crippen LogP contribution is 2.25. The van der Waals surface area contributed by atoms with Gasteiger partial charge in [-0.3, -0.25) is 4.79 Å². The van der Waals surface area contributed by atoms with Crippen molar-refractivity contribution in [2.45, 2.75) is 27.7 Å². The quantitative estimate of drug-likeness (QED) is 0.679. The molecule has 0 bridgehead atoms. The lowest BCUT2D eigenvalue weighted by Gasteiger charge is -2.37. The van der Waals surface area contributed by atoms with Crippen molar-refractivity contribution in [3.63, 3.8) is 0 Å². The van der Waals surface area contributed by atoms with Gasteiger partial charge in [-0.05, 0) is 57.0 Å². The molecule has 1 fully saturated rings. The number of carbonyl (C=O) groups is 1. The summed E-state index contributed by atoms with van der Waals surface area (Å²) >= 11 is 0. The Hall–Kier alpha value is -3.08. The number of rotatable bonds is 3. The second kappa shape index (κ2) is 7.74. The highest BCUT2D eigenvalue weighted by Gasteiger charge is 2.27. The van der Waals surface area contributed by atoms with Crippen LogP contribution in [0.5, 0.6) is 0 Å². The van der Waals surface area contributed by atoms with Crippen LogP contribution in [0.1, 0.15) is 32.9 Å². The monoisotopic (exact) mass is 388 g/mol. The molecule has 2 aromatic carbocycles. The minimum atomic E-state index is 0.0859. The van der Waals surface area contributed by atoms with Gasteiger partial charge in [-0.2, -0.15) is 5.10 Å². The minimum absolute atomic E-state index is 0.0859. The smallest absolute Gasteiger partial charge is 0.257 e. The molecule has 3 aromatic rings. The second-order valence-corrected chi connectivity index (χ2v) is 7.79. The van der Waals surface area contributed by atoms with E-state index in [0.29, 0.717) is 0 Å². The van der Waals surface area contributed by atoms with E-state index in [4.69, 9.17) is 0 Å². The van der Waals surface area contributed by atoms with Crippen molar-refractivity contribution < 1.29 is 4.79 Å². The van der Waals surface area contributed by atoms with E-state index in [0.717, 1.165) is 48.8 Å². The van der Waals surface area contributed by atoms with Crippen molar-refractivity contribution in [2.24, 2.45) is 0 Å². The van der Waals surface area contributed by atoms with E-state index in [-0.39, 0.29) is 5.91 Å². The molecule has 150 valence electrons. The van der Waals surface area contributed by atoms with Gasteiger partial charge in [0.15, 0.2) is 0 Å². The van der Waals surface area contributed by atoms with Crippen molar-refractivity contribution in [3.8, 4) is 5.69 Å². The number of hydrogen-bond donors (Lipinski definition) is 0. The number of amides is 1. The second-order valence-electron chi connectivity index (χ2n) is 7.79. The molecule has 1 aromatic heterocycles. The molecule has 1 aliphatic heterocycles. The molecule has 5 nitrogen and oxygen atoms in total. The largest absolute Gasteiger partial charge is 0.368 e. The summed E-state index contributed by atoms with van der Waals surface area (Å²) in [6.07, 6.45) is 0. The van der Waals surface area contributed by atoms with E-state index in [1.807, 2.05) is 53.8 Å². The normalized spacial score (nSPS) is 14.3. The first-order valence-electron chi connectivity index (χ1n) is 10.2. The molecule has 0 N–H and O–H groups in total. The van der Waals surface area contributed by atoms with Gasteiger partial charge in [-0.1, -0.05) is 30.3 Å². The maximum absolute atomic E-state index is 13.3. The van der Waals surface area contributed by atoms with Gasteiger partial charge in [0, 0.05) is 31.9 Å². The molecule has 4 rings (SSSR count). The van der Waals surface area contributed by atoms with Crippen molar-refractivity contribution in [3.05, 3.63) is 76.6 Å². The Kier molecular flexibility index (Phi) is 5.14. The van der Waals surface area contributed by atoms with Gasteiger partial charge >= 0.3 is 0 Å². The average Bonchev–Trinajstić information content (AvgIpc) is 3.04. The summed E-state index contributed by atoms with van der Waals surface area (Å²) in [5.41, 5.74) is 7.30. The molecule has 29 heavy (non-hydrogen) atoms. The first kappa shape index (κ1) is 19.2. The van der Waals surface area contributed by atoms with E-state index in [1.54, 1.807) is 0 Å². The summed E-state index contributed by atoms with van der Waals surface area (Å²) in [6.45, 7) is 11.4. The van der Waals surface area contributed by atoms with Gasteiger partial charge in [0.25, 0.3) is 5.91 Å². The molecule has 1 saturated heterocycles. The maximum Gasteiger partial charge on any atom is 0.257 e. The van der Waals surface area contributed by atoms with Crippen molar-refractivity contribution >= 4 is 11.6 Å². The number of hydrogen-bond acceptors (Lipinski definition) is 3. The summed E-state index contributed by atoms with van der Waals surface area (Å²) in [4.78, 5) is 17.7. The SMILES string of the molecule is Cc1cccc(N2CCN(C(=O)c3c(C)nn(-c4ccccc4)c3C)CC2)c1C. The van der Waals surface area contributed by atoms with Crippen LogP contribution in [0, 0.1) is 27.7 Å². The van der Waals surface area contributed by atoms with Crippen LogP contribution in [0.25, 0.3) is 5.69 Å². The predicted octanol–water partition coefficient (Wildman–Crippen LogP) is 4.07. The third kappa shape index (κ3) is 3.53. The molecule has 0 saturated carbocycles.